The van der Waals surface area contributed by atoms with Crippen LogP contribution in [0.3, 0.4) is 0 Å². The van der Waals surface area contributed by atoms with Gasteiger partial charge in [0.05, 0.1) is 12.7 Å². The minimum absolute atomic E-state index is 0.00269. The zero-order chi connectivity index (χ0) is 35.0. The van der Waals surface area contributed by atoms with E-state index in [-0.39, 0.29) is 64.5 Å². The Morgan fingerprint density at radius 3 is 2.09 bits per heavy atom. The average Bonchev–Trinajstić information content (AvgIpc) is 2.98. The maximum atomic E-state index is 13.8. The Morgan fingerprint density at radius 2 is 1.55 bits per heavy atom. The fraction of sp³-hybridized carbons (Fsp3) is 0.567. The smallest absolute Gasteiger partial charge is 0.434 e. The molecular formula is C30H36F9N3O5. The number of halogens is 9. The van der Waals surface area contributed by atoms with E-state index in [1.807, 2.05) is 0 Å². The summed E-state index contributed by atoms with van der Waals surface area (Å²) < 4.78 is 133. The Hall–Kier alpha value is -3.44. The van der Waals surface area contributed by atoms with Crippen LogP contribution in [0.5, 0.6) is 5.75 Å². The molecule has 1 unspecified atom stereocenters. The first kappa shape index (κ1) is 38.0. The Balaban J connectivity index is 1.82. The van der Waals surface area contributed by atoms with Crippen molar-refractivity contribution in [2.75, 3.05) is 51.3 Å². The molecule has 2 aromatic rings. The van der Waals surface area contributed by atoms with Gasteiger partial charge in [-0.3, -0.25) is 4.90 Å². The summed E-state index contributed by atoms with van der Waals surface area (Å²) in [5.41, 5.74) is 0.549. The summed E-state index contributed by atoms with van der Waals surface area (Å²) >= 11 is 0. The number of carbonyl (C=O) groups excluding carboxylic acids is 1. The second kappa shape index (κ2) is 16.1. The van der Waals surface area contributed by atoms with Gasteiger partial charge in [0, 0.05) is 58.1 Å². The monoisotopic (exact) mass is 689 g/mol. The molecule has 2 aromatic carbocycles. The molecule has 3 rings (SSSR count). The van der Waals surface area contributed by atoms with Crippen LogP contribution in [0.4, 0.5) is 50.0 Å². The molecule has 0 radical (unpaired) electrons. The number of alkyl halides is 9. The third-order valence-electron chi connectivity index (χ3n) is 7.36. The number of hydrogen-bond acceptors (Lipinski definition) is 7. The zero-order valence-electron chi connectivity index (χ0n) is 25.6. The number of ether oxygens (including phenoxy) is 3. The quantitative estimate of drug-likeness (QED) is 0.188. The second-order valence-corrected chi connectivity index (χ2v) is 10.8. The first-order chi connectivity index (χ1) is 21.9. The molecule has 0 aromatic heterocycles. The Morgan fingerprint density at radius 1 is 0.936 bits per heavy atom. The predicted molar refractivity (Wildman–Crippen MR) is 152 cm³/mol. The first-order valence-corrected chi connectivity index (χ1v) is 14.6. The topological polar surface area (TPSA) is 74.7 Å². The second-order valence-electron chi connectivity index (χ2n) is 10.8. The van der Waals surface area contributed by atoms with Gasteiger partial charge >= 0.3 is 24.6 Å². The molecule has 1 atom stereocenters. The van der Waals surface area contributed by atoms with Gasteiger partial charge in [-0.15, -0.1) is 0 Å². The van der Waals surface area contributed by atoms with E-state index in [0.717, 1.165) is 17.7 Å². The van der Waals surface area contributed by atoms with E-state index in [0.29, 0.717) is 22.6 Å². The van der Waals surface area contributed by atoms with Crippen LogP contribution in [-0.4, -0.2) is 92.2 Å². The highest BCUT2D eigenvalue weighted by Crippen LogP contribution is 2.37. The molecule has 0 aliphatic carbocycles. The maximum Gasteiger partial charge on any atom is 0.434 e. The van der Waals surface area contributed by atoms with Crippen LogP contribution in [0.15, 0.2) is 42.5 Å². The molecule has 0 spiro atoms. The number of benzene rings is 2. The molecule has 0 bridgehead atoms. The number of nitrogens with zero attached hydrogens (tertiary/aromatic N) is 3. The van der Waals surface area contributed by atoms with Crippen LogP contribution in [0.25, 0.3) is 0 Å². The van der Waals surface area contributed by atoms with Crippen molar-refractivity contribution in [2.24, 2.45) is 0 Å². The van der Waals surface area contributed by atoms with Crippen LogP contribution in [0.1, 0.15) is 36.5 Å². The van der Waals surface area contributed by atoms with Crippen LogP contribution in [0, 0.1) is 0 Å². The predicted octanol–water partition coefficient (Wildman–Crippen LogP) is 6.60. The lowest BCUT2D eigenvalue weighted by atomic mass is 10.0. The Bertz CT molecular complexity index is 1270. The lowest BCUT2D eigenvalue weighted by Crippen LogP contribution is -2.52. The van der Waals surface area contributed by atoms with Crippen molar-refractivity contribution >= 4 is 11.8 Å². The van der Waals surface area contributed by atoms with E-state index < -0.39 is 42.6 Å². The molecule has 1 fully saturated rings. The van der Waals surface area contributed by atoms with Crippen molar-refractivity contribution in [3.63, 3.8) is 0 Å². The average molecular weight is 690 g/mol. The summed E-state index contributed by atoms with van der Waals surface area (Å²) in [5, 5.41) is 10.0. The number of aliphatic hydroxyl groups excluding tert-OH is 1. The van der Waals surface area contributed by atoms with Gasteiger partial charge in [0.25, 0.3) is 6.10 Å². The Labute approximate surface area is 265 Å². The fourth-order valence-electron chi connectivity index (χ4n) is 4.96. The molecule has 1 aliphatic rings. The van der Waals surface area contributed by atoms with Crippen LogP contribution < -0.4 is 9.64 Å². The van der Waals surface area contributed by atoms with Gasteiger partial charge in [0.2, 0.25) is 0 Å². The summed E-state index contributed by atoms with van der Waals surface area (Å²) in [5.74, 6) is 0.579. The summed E-state index contributed by atoms with van der Waals surface area (Å²) in [6.45, 7) is 1.89. The van der Waals surface area contributed by atoms with E-state index in [1.165, 1.54) is 13.2 Å². The number of methoxy groups -OCH3 is 1. The van der Waals surface area contributed by atoms with Crippen molar-refractivity contribution in [3.8, 4) is 5.75 Å². The first-order valence-electron chi connectivity index (χ1n) is 14.6. The van der Waals surface area contributed by atoms with Crippen molar-refractivity contribution in [2.45, 2.75) is 63.8 Å². The highest BCUT2D eigenvalue weighted by Gasteiger charge is 2.60. The van der Waals surface area contributed by atoms with Crippen molar-refractivity contribution in [3.05, 3.63) is 59.2 Å². The molecule has 47 heavy (non-hydrogen) atoms. The fourth-order valence-corrected chi connectivity index (χ4v) is 4.96. The Kier molecular flexibility index (Phi) is 13.0. The van der Waals surface area contributed by atoms with Crippen LogP contribution >= 0.6 is 0 Å². The third kappa shape index (κ3) is 11.3. The summed E-state index contributed by atoms with van der Waals surface area (Å²) in [7, 11) is 1.49. The highest BCUT2D eigenvalue weighted by atomic mass is 19.4. The zero-order valence-corrected chi connectivity index (χ0v) is 25.6. The summed E-state index contributed by atoms with van der Waals surface area (Å²) in [4.78, 5) is 16.3. The number of piperazine rings is 1. The van der Waals surface area contributed by atoms with Gasteiger partial charge in [-0.2, -0.15) is 39.5 Å². The van der Waals surface area contributed by atoms with Gasteiger partial charge in [0.1, 0.15) is 5.75 Å². The normalized spacial score (nSPS) is 15.6. The molecular weight excluding hydrogens is 653 g/mol. The summed E-state index contributed by atoms with van der Waals surface area (Å²) in [6.07, 6.45) is -22.9. The maximum absolute atomic E-state index is 13.8. The number of aliphatic hydroxyl groups is 1. The molecule has 1 saturated heterocycles. The van der Waals surface area contributed by atoms with E-state index >= 15 is 0 Å². The summed E-state index contributed by atoms with van der Waals surface area (Å²) in [6, 6.07) is 10.2. The van der Waals surface area contributed by atoms with E-state index in [1.54, 1.807) is 41.0 Å². The number of rotatable bonds is 13. The number of carbonyl (C=O) groups is 1. The van der Waals surface area contributed by atoms with Gasteiger partial charge in [0.15, 0.2) is 6.29 Å². The van der Waals surface area contributed by atoms with Gasteiger partial charge in [-0.25, -0.2) is 4.79 Å². The standard InChI is InChI=1S/C30H36F9N3O5/c1-3-46-25(43)5-4-12-42(18-20-6-10-23(45-2)11-7-20)24-17-22(28(31,32)33)9-8-21(24)19-40-13-15-41(16-14-40)27(44)47-26(29(34,35)36)30(37,38)39/h6-11,17,25-26,43H,3-5,12-16,18-19H2,1-2H3. The molecule has 1 N–H and O–H groups in total. The van der Waals surface area contributed by atoms with Crippen LogP contribution in [-0.2, 0) is 28.7 Å². The van der Waals surface area contributed by atoms with Crippen molar-refractivity contribution < 1.29 is 63.6 Å². The SMILES string of the molecule is CCOC(O)CCCN(Cc1ccc(OC)cc1)c1cc(C(F)(F)F)ccc1CN1CCN(C(=O)OC(C(F)(F)F)C(F)(F)F)CC1. The third-order valence-corrected chi connectivity index (χ3v) is 7.36. The molecule has 1 amide bonds. The van der Waals surface area contributed by atoms with E-state index in [4.69, 9.17) is 9.47 Å². The minimum atomic E-state index is -5.85. The molecule has 264 valence electrons. The lowest BCUT2D eigenvalue weighted by molar-refractivity contribution is -0.308. The van der Waals surface area contributed by atoms with Gasteiger partial charge < -0.3 is 29.1 Å². The molecule has 8 nitrogen and oxygen atoms in total. The largest absolute Gasteiger partial charge is 0.497 e. The molecule has 1 aliphatic heterocycles. The van der Waals surface area contributed by atoms with E-state index in [9.17, 15) is 49.4 Å². The number of hydrogen-bond donors (Lipinski definition) is 1. The van der Waals surface area contributed by atoms with Gasteiger partial charge in [-0.05, 0) is 55.2 Å². The van der Waals surface area contributed by atoms with Gasteiger partial charge in [-0.1, -0.05) is 18.2 Å². The highest BCUT2D eigenvalue weighted by molar-refractivity contribution is 5.68. The van der Waals surface area contributed by atoms with Crippen LogP contribution in [0.2, 0.25) is 0 Å². The molecule has 1 heterocycles. The number of anilines is 1. The van der Waals surface area contributed by atoms with Crippen molar-refractivity contribution in [1.82, 2.24) is 9.80 Å². The number of amides is 1. The van der Waals surface area contributed by atoms with E-state index in [2.05, 4.69) is 4.74 Å². The molecule has 0 saturated carbocycles. The van der Waals surface area contributed by atoms with Crippen molar-refractivity contribution in [1.29, 1.82) is 0 Å². The lowest BCUT2D eigenvalue weighted by Gasteiger charge is -2.36. The molecule has 17 heteroatoms. The minimum Gasteiger partial charge on any atom is -0.497 e.